The first-order valence-corrected chi connectivity index (χ1v) is 8.13. The first kappa shape index (κ1) is 16.1. The quantitative estimate of drug-likeness (QED) is 0.659. The highest BCUT2D eigenvalue weighted by atomic mass is 32.2. The van der Waals surface area contributed by atoms with E-state index in [0.29, 0.717) is 17.7 Å². The SMILES string of the molecule is CCC(O)CCNS(=O)(=O)c1ccc(CC(=O)O)s1. The van der Waals surface area contributed by atoms with Crippen LogP contribution in [0.1, 0.15) is 24.6 Å². The Labute approximate surface area is 116 Å². The zero-order chi connectivity index (χ0) is 14.5. The molecule has 6 nitrogen and oxygen atoms in total. The number of carboxylic acids is 1. The summed E-state index contributed by atoms with van der Waals surface area (Å²) >= 11 is 0.939. The summed E-state index contributed by atoms with van der Waals surface area (Å²) in [4.78, 5) is 11.0. The van der Waals surface area contributed by atoms with Crippen molar-refractivity contribution in [2.24, 2.45) is 0 Å². The Balaban J connectivity index is 2.62. The highest BCUT2D eigenvalue weighted by molar-refractivity contribution is 7.91. The standard InChI is InChI=1S/C11H17NO5S2/c1-2-8(13)5-6-12-19(16,17)11-4-3-9(18-11)7-10(14)15/h3-4,8,12-13H,2,5-7H2,1H3,(H,14,15). The average Bonchev–Trinajstić information content (AvgIpc) is 2.76. The van der Waals surface area contributed by atoms with Crippen LogP contribution in [0.15, 0.2) is 16.3 Å². The number of carbonyl (C=O) groups is 1. The smallest absolute Gasteiger partial charge is 0.308 e. The summed E-state index contributed by atoms with van der Waals surface area (Å²) < 4.78 is 26.2. The molecule has 0 amide bonds. The van der Waals surface area contributed by atoms with Gasteiger partial charge in [0, 0.05) is 11.4 Å². The van der Waals surface area contributed by atoms with E-state index in [4.69, 9.17) is 5.11 Å². The number of hydrogen-bond acceptors (Lipinski definition) is 5. The fourth-order valence-electron chi connectivity index (χ4n) is 1.38. The lowest BCUT2D eigenvalue weighted by molar-refractivity contribution is -0.136. The topological polar surface area (TPSA) is 104 Å². The first-order valence-electron chi connectivity index (χ1n) is 5.83. The number of hydrogen-bond donors (Lipinski definition) is 3. The predicted molar refractivity (Wildman–Crippen MR) is 71.8 cm³/mol. The molecule has 0 radical (unpaired) electrons. The van der Waals surface area contributed by atoms with Gasteiger partial charge in [0.2, 0.25) is 10.0 Å². The van der Waals surface area contributed by atoms with Crippen molar-refractivity contribution in [1.82, 2.24) is 4.72 Å². The fraction of sp³-hybridized carbons (Fsp3) is 0.545. The largest absolute Gasteiger partial charge is 0.481 e. The van der Waals surface area contributed by atoms with Crippen molar-refractivity contribution in [1.29, 1.82) is 0 Å². The summed E-state index contributed by atoms with van der Waals surface area (Å²) in [6.45, 7) is 1.97. The Bertz CT molecular complexity index is 523. The Morgan fingerprint density at radius 3 is 2.74 bits per heavy atom. The van der Waals surface area contributed by atoms with Crippen molar-refractivity contribution in [3.63, 3.8) is 0 Å². The van der Waals surface area contributed by atoms with Crippen molar-refractivity contribution < 1.29 is 23.4 Å². The van der Waals surface area contributed by atoms with E-state index in [1.54, 1.807) is 0 Å². The van der Waals surface area contributed by atoms with E-state index < -0.39 is 22.1 Å². The lowest BCUT2D eigenvalue weighted by Crippen LogP contribution is -2.26. The van der Waals surface area contributed by atoms with E-state index in [0.717, 1.165) is 11.3 Å². The van der Waals surface area contributed by atoms with Crippen LogP contribution in [0.4, 0.5) is 0 Å². The molecule has 1 atom stereocenters. The highest BCUT2D eigenvalue weighted by Crippen LogP contribution is 2.21. The second kappa shape index (κ2) is 6.99. The number of nitrogens with one attached hydrogen (secondary N) is 1. The van der Waals surface area contributed by atoms with Gasteiger partial charge in [-0.25, -0.2) is 13.1 Å². The van der Waals surface area contributed by atoms with Gasteiger partial charge in [0.1, 0.15) is 4.21 Å². The molecule has 1 aromatic heterocycles. The minimum atomic E-state index is -3.61. The number of aliphatic hydroxyl groups excluding tert-OH is 1. The molecule has 0 aliphatic heterocycles. The second-order valence-electron chi connectivity index (χ2n) is 4.04. The summed E-state index contributed by atoms with van der Waals surface area (Å²) in [5.41, 5.74) is 0. The van der Waals surface area contributed by atoms with Crippen molar-refractivity contribution in [2.45, 2.75) is 36.5 Å². The minimum absolute atomic E-state index is 0.0924. The lowest BCUT2D eigenvalue weighted by atomic mass is 10.2. The zero-order valence-electron chi connectivity index (χ0n) is 10.5. The van der Waals surface area contributed by atoms with Crippen LogP contribution in [-0.4, -0.2) is 37.2 Å². The van der Waals surface area contributed by atoms with Crippen LogP contribution in [-0.2, 0) is 21.2 Å². The molecule has 8 heteroatoms. The summed E-state index contributed by atoms with van der Waals surface area (Å²) in [5.74, 6) is -0.996. The maximum Gasteiger partial charge on any atom is 0.308 e. The van der Waals surface area contributed by atoms with E-state index >= 15 is 0 Å². The third kappa shape index (κ3) is 5.27. The highest BCUT2D eigenvalue weighted by Gasteiger charge is 2.17. The van der Waals surface area contributed by atoms with E-state index in [1.165, 1.54) is 12.1 Å². The number of sulfonamides is 1. The molecule has 0 saturated heterocycles. The van der Waals surface area contributed by atoms with E-state index in [2.05, 4.69) is 4.72 Å². The van der Waals surface area contributed by atoms with Gasteiger partial charge in [-0.15, -0.1) is 11.3 Å². The molecule has 0 saturated carbocycles. The molecule has 1 aromatic rings. The van der Waals surface area contributed by atoms with Crippen LogP contribution in [0.5, 0.6) is 0 Å². The van der Waals surface area contributed by atoms with Crippen molar-refractivity contribution in [3.8, 4) is 0 Å². The summed E-state index contributed by atoms with van der Waals surface area (Å²) in [5, 5.41) is 18.0. The third-order valence-corrected chi connectivity index (χ3v) is 5.51. The molecule has 0 aromatic carbocycles. The van der Waals surface area contributed by atoms with Gasteiger partial charge in [-0.1, -0.05) is 6.92 Å². The molecule has 0 bridgehead atoms. The molecule has 0 aliphatic carbocycles. The third-order valence-electron chi connectivity index (χ3n) is 2.47. The molecule has 19 heavy (non-hydrogen) atoms. The number of rotatable bonds is 8. The van der Waals surface area contributed by atoms with Gasteiger partial charge in [-0.3, -0.25) is 4.79 Å². The monoisotopic (exact) mass is 307 g/mol. The summed E-state index contributed by atoms with van der Waals surface area (Å²) in [7, 11) is -3.61. The normalized spacial score (nSPS) is 13.4. The second-order valence-corrected chi connectivity index (χ2v) is 7.20. The number of carboxylic acid groups (broad SMARTS) is 1. The molecule has 0 spiro atoms. The summed E-state index contributed by atoms with van der Waals surface area (Å²) in [6.07, 6.45) is 0.218. The molecule has 3 N–H and O–H groups in total. The Kier molecular flexibility index (Phi) is 5.92. The van der Waals surface area contributed by atoms with Gasteiger partial charge in [-0.05, 0) is 25.0 Å². The van der Waals surface area contributed by atoms with E-state index in [1.807, 2.05) is 6.92 Å². The van der Waals surface area contributed by atoms with Gasteiger partial charge >= 0.3 is 5.97 Å². The van der Waals surface area contributed by atoms with Crippen LogP contribution < -0.4 is 4.72 Å². The molecule has 1 heterocycles. The first-order chi connectivity index (χ1) is 8.85. The van der Waals surface area contributed by atoms with E-state index in [-0.39, 0.29) is 17.2 Å². The molecular formula is C11H17NO5S2. The average molecular weight is 307 g/mol. The van der Waals surface area contributed by atoms with Gasteiger partial charge in [0.25, 0.3) is 0 Å². The van der Waals surface area contributed by atoms with Crippen LogP contribution in [0.25, 0.3) is 0 Å². The van der Waals surface area contributed by atoms with Crippen LogP contribution in [0.3, 0.4) is 0 Å². The van der Waals surface area contributed by atoms with Crippen molar-refractivity contribution in [2.75, 3.05) is 6.54 Å². The molecule has 108 valence electrons. The summed E-state index contributed by atoms with van der Waals surface area (Å²) in [6, 6.07) is 2.88. The Morgan fingerprint density at radius 1 is 1.47 bits per heavy atom. The maximum atomic E-state index is 11.9. The van der Waals surface area contributed by atoms with Crippen LogP contribution in [0, 0.1) is 0 Å². The number of aliphatic carboxylic acids is 1. The Hall–Kier alpha value is -0.960. The Morgan fingerprint density at radius 2 is 2.16 bits per heavy atom. The van der Waals surface area contributed by atoms with Crippen molar-refractivity contribution in [3.05, 3.63) is 17.0 Å². The van der Waals surface area contributed by atoms with Crippen molar-refractivity contribution >= 4 is 27.3 Å². The molecule has 1 rings (SSSR count). The van der Waals surface area contributed by atoms with Gasteiger partial charge in [-0.2, -0.15) is 0 Å². The van der Waals surface area contributed by atoms with Gasteiger partial charge in [0.15, 0.2) is 0 Å². The van der Waals surface area contributed by atoms with Crippen LogP contribution >= 0.6 is 11.3 Å². The molecular weight excluding hydrogens is 290 g/mol. The molecule has 0 aliphatic rings. The molecule has 0 fully saturated rings. The lowest BCUT2D eigenvalue weighted by Gasteiger charge is -2.08. The van der Waals surface area contributed by atoms with Gasteiger partial charge in [0.05, 0.1) is 12.5 Å². The zero-order valence-corrected chi connectivity index (χ0v) is 12.1. The fourth-order valence-corrected chi connectivity index (χ4v) is 3.82. The van der Waals surface area contributed by atoms with Crippen LogP contribution in [0.2, 0.25) is 0 Å². The maximum absolute atomic E-state index is 11.9. The van der Waals surface area contributed by atoms with E-state index in [9.17, 15) is 18.3 Å². The predicted octanol–water partition coefficient (Wildman–Crippen LogP) is 0.814. The molecule has 1 unspecified atom stereocenters. The number of thiophene rings is 1. The number of aliphatic hydroxyl groups is 1. The minimum Gasteiger partial charge on any atom is -0.481 e. The van der Waals surface area contributed by atoms with Gasteiger partial charge < -0.3 is 10.2 Å².